The van der Waals surface area contributed by atoms with Crippen molar-refractivity contribution in [2.75, 3.05) is 11.9 Å². The molecule has 1 heterocycles. The summed E-state index contributed by atoms with van der Waals surface area (Å²) >= 11 is 0. The Morgan fingerprint density at radius 2 is 2.29 bits per heavy atom. The van der Waals surface area contributed by atoms with Gasteiger partial charge in [0.1, 0.15) is 0 Å². The first-order chi connectivity index (χ1) is 10.0. The molecule has 9 nitrogen and oxygen atoms in total. The van der Waals surface area contributed by atoms with Gasteiger partial charge in [0, 0.05) is 17.7 Å². The topological polar surface area (TPSA) is 123 Å². The Hall–Kier alpha value is -2.97. The number of ether oxygens (including phenoxy) is 1. The van der Waals surface area contributed by atoms with Gasteiger partial charge in [0.05, 0.1) is 11.5 Å². The molecule has 0 radical (unpaired) electrons. The number of carbonyl (C=O) groups excluding carboxylic acids is 1. The lowest BCUT2D eigenvalue weighted by Crippen LogP contribution is -2.14. The molecule has 0 aliphatic carbocycles. The fourth-order valence-corrected chi connectivity index (χ4v) is 1.69. The number of benzene rings is 1. The summed E-state index contributed by atoms with van der Waals surface area (Å²) in [5.74, 6) is -0.303. The average Bonchev–Trinajstić information content (AvgIpc) is 2.86. The molecular formula is C12H13N5O4. The van der Waals surface area contributed by atoms with Gasteiger partial charge < -0.3 is 4.74 Å². The van der Waals surface area contributed by atoms with E-state index in [4.69, 9.17) is 4.74 Å². The van der Waals surface area contributed by atoms with Crippen LogP contribution in [0, 0.1) is 17.0 Å². The third kappa shape index (κ3) is 3.32. The van der Waals surface area contributed by atoms with Gasteiger partial charge in [-0.3, -0.25) is 20.2 Å². The molecule has 0 bridgehead atoms. The SMILES string of the molecule is CCOc1n[nH]c(NC(=O)c2ccc([N+](=O)[O-])cc2C)n1. The van der Waals surface area contributed by atoms with Crippen molar-refractivity contribution in [2.45, 2.75) is 13.8 Å². The Bertz CT molecular complexity index is 682. The predicted octanol–water partition coefficient (Wildman–Crippen LogP) is 1.67. The Labute approximate surface area is 119 Å². The molecule has 0 saturated heterocycles. The summed E-state index contributed by atoms with van der Waals surface area (Å²) in [6, 6.07) is 4.13. The van der Waals surface area contributed by atoms with Crippen LogP contribution in [-0.4, -0.2) is 32.6 Å². The van der Waals surface area contributed by atoms with Crippen LogP contribution in [0.15, 0.2) is 18.2 Å². The minimum absolute atomic E-state index is 0.0673. The minimum Gasteiger partial charge on any atom is -0.463 e. The van der Waals surface area contributed by atoms with Crippen LogP contribution < -0.4 is 10.1 Å². The number of aromatic amines is 1. The molecule has 21 heavy (non-hydrogen) atoms. The van der Waals surface area contributed by atoms with Gasteiger partial charge in [-0.15, -0.1) is 5.10 Å². The van der Waals surface area contributed by atoms with Crippen LogP contribution in [0.5, 0.6) is 6.01 Å². The number of carbonyl (C=O) groups is 1. The largest absolute Gasteiger partial charge is 0.463 e. The number of rotatable bonds is 5. The molecule has 9 heteroatoms. The molecule has 0 saturated carbocycles. The summed E-state index contributed by atoms with van der Waals surface area (Å²) in [5.41, 5.74) is 0.739. The molecule has 1 aromatic heterocycles. The molecule has 2 aromatic rings. The van der Waals surface area contributed by atoms with Crippen molar-refractivity contribution >= 4 is 17.5 Å². The van der Waals surface area contributed by atoms with E-state index in [9.17, 15) is 14.9 Å². The van der Waals surface area contributed by atoms with Gasteiger partial charge >= 0.3 is 6.01 Å². The molecule has 0 aliphatic heterocycles. The maximum Gasteiger partial charge on any atom is 0.337 e. The average molecular weight is 291 g/mol. The van der Waals surface area contributed by atoms with Crippen molar-refractivity contribution in [2.24, 2.45) is 0 Å². The molecule has 0 unspecified atom stereocenters. The lowest BCUT2D eigenvalue weighted by atomic mass is 10.1. The number of aromatic nitrogens is 3. The van der Waals surface area contributed by atoms with Gasteiger partial charge in [0.15, 0.2) is 0 Å². The minimum atomic E-state index is -0.514. The quantitative estimate of drug-likeness (QED) is 0.638. The third-order valence-electron chi connectivity index (χ3n) is 2.64. The van der Waals surface area contributed by atoms with Gasteiger partial charge in [0.25, 0.3) is 11.6 Å². The van der Waals surface area contributed by atoms with E-state index in [1.54, 1.807) is 13.8 Å². The van der Waals surface area contributed by atoms with Gasteiger partial charge in [-0.2, -0.15) is 4.98 Å². The second-order valence-corrected chi connectivity index (χ2v) is 4.11. The summed E-state index contributed by atoms with van der Waals surface area (Å²) in [4.78, 5) is 26.1. The zero-order valence-corrected chi connectivity index (χ0v) is 11.4. The van der Waals surface area contributed by atoms with Gasteiger partial charge in [-0.05, 0) is 25.5 Å². The Morgan fingerprint density at radius 1 is 1.52 bits per heavy atom. The predicted molar refractivity (Wildman–Crippen MR) is 73.3 cm³/mol. The van der Waals surface area contributed by atoms with Crippen molar-refractivity contribution in [3.8, 4) is 6.01 Å². The number of hydrogen-bond donors (Lipinski definition) is 2. The summed E-state index contributed by atoms with van der Waals surface area (Å²) in [6.45, 7) is 3.81. The van der Waals surface area contributed by atoms with E-state index in [1.807, 2.05) is 0 Å². The highest BCUT2D eigenvalue weighted by atomic mass is 16.6. The van der Waals surface area contributed by atoms with E-state index in [1.165, 1.54) is 18.2 Å². The molecule has 0 atom stereocenters. The van der Waals surface area contributed by atoms with Crippen molar-refractivity contribution in [3.05, 3.63) is 39.4 Å². The first kappa shape index (κ1) is 14.4. The first-order valence-corrected chi connectivity index (χ1v) is 6.13. The van der Waals surface area contributed by atoms with Crippen LogP contribution in [0.1, 0.15) is 22.8 Å². The summed E-state index contributed by atoms with van der Waals surface area (Å²) in [5, 5.41) is 19.4. The molecule has 0 fully saturated rings. The van der Waals surface area contributed by atoms with E-state index in [0.29, 0.717) is 17.7 Å². The van der Waals surface area contributed by atoms with E-state index < -0.39 is 10.8 Å². The van der Waals surface area contributed by atoms with Crippen molar-refractivity contribution in [1.82, 2.24) is 15.2 Å². The molecule has 2 rings (SSSR count). The first-order valence-electron chi connectivity index (χ1n) is 6.13. The van der Waals surface area contributed by atoms with Crippen LogP contribution >= 0.6 is 0 Å². The molecule has 1 aromatic carbocycles. The van der Waals surface area contributed by atoms with Crippen LogP contribution in [-0.2, 0) is 0 Å². The molecule has 0 aliphatic rings. The Balaban J connectivity index is 2.14. The zero-order valence-electron chi connectivity index (χ0n) is 11.4. The number of nitrogens with one attached hydrogen (secondary N) is 2. The van der Waals surface area contributed by atoms with E-state index in [-0.39, 0.29) is 17.6 Å². The number of anilines is 1. The number of hydrogen-bond acceptors (Lipinski definition) is 6. The van der Waals surface area contributed by atoms with Gasteiger partial charge in [-0.25, -0.2) is 5.10 Å². The number of non-ortho nitro benzene ring substituents is 1. The number of nitro benzene ring substituents is 1. The van der Waals surface area contributed by atoms with Crippen LogP contribution in [0.4, 0.5) is 11.6 Å². The second kappa shape index (κ2) is 5.99. The van der Waals surface area contributed by atoms with Crippen LogP contribution in [0.2, 0.25) is 0 Å². The normalized spacial score (nSPS) is 10.2. The van der Waals surface area contributed by atoms with Gasteiger partial charge in [-0.1, -0.05) is 0 Å². The maximum atomic E-state index is 12.1. The van der Waals surface area contributed by atoms with Crippen LogP contribution in [0.3, 0.4) is 0 Å². The van der Waals surface area contributed by atoms with Crippen molar-refractivity contribution in [3.63, 3.8) is 0 Å². The second-order valence-electron chi connectivity index (χ2n) is 4.11. The number of nitro groups is 1. The fraction of sp³-hybridized carbons (Fsp3) is 0.250. The zero-order chi connectivity index (χ0) is 15.4. The standard InChI is InChI=1S/C12H13N5O4/c1-3-21-12-14-11(15-16-12)13-10(18)9-5-4-8(17(19)20)6-7(9)2/h4-6H,3H2,1-2H3,(H2,13,14,15,16,18). The summed E-state index contributed by atoms with van der Waals surface area (Å²) < 4.78 is 5.06. The molecule has 110 valence electrons. The lowest BCUT2D eigenvalue weighted by Gasteiger charge is -2.04. The Kier molecular flexibility index (Phi) is 4.12. The summed E-state index contributed by atoms with van der Waals surface area (Å²) in [6.07, 6.45) is 0. The number of amides is 1. The number of nitrogens with zero attached hydrogens (tertiary/aromatic N) is 3. The molecule has 1 amide bonds. The highest BCUT2D eigenvalue weighted by molar-refractivity contribution is 6.04. The lowest BCUT2D eigenvalue weighted by molar-refractivity contribution is -0.384. The molecular weight excluding hydrogens is 278 g/mol. The van der Waals surface area contributed by atoms with E-state index in [0.717, 1.165) is 0 Å². The summed E-state index contributed by atoms with van der Waals surface area (Å²) in [7, 11) is 0. The monoisotopic (exact) mass is 291 g/mol. The molecule has 2 N–H and O–H groups in total. The highest BCUT2D eigenvalue weighted by Crippen LogP contribution is 2.18. The van der Waals surface area contributed by atoms with Gasteiger partial charge in [0.2, 0.25) is 5.95 Å². The maximum absolute atomic E-state index is 12.1. The van der Waals surface area contributed by atoms with E-state index >= 15 is 0 Å². The smallest absolute Gasteiger partial charge is 0.337 e. The number of aryl methyl sites for hydroxylation is 1. The molecule has 0 spiro atoms. The van der Waals surface area contributed by atoms with Crippen LogP contribution in [0.25, 0.3) is 0 Å². The van der Waals surface area contributed by atoms with E-state index in [2.05, 4.69) is 20.5 Å². The Morgan fingerprint density at radius 3 is 2.90 bits per heavy atom. The van der Waals surface area contributed by atoms with Crippen molar-refractivity contribution in [1.29, 1.82) is 0 Å². The third-order valence-corrected chi connectivity index (χ3v) is 2.64. The number of H-pyrrole nitrogens is 1. The highest BCUT2D eigenvalue weighted by Gasteiger charge is 2.15. The fourth-order valence-electron chi connectivity index (χ4n) is 1.69. The van der Waals surface area contributed by atoms with Crippen molar-refractivity contribution < 1.29 is 14.5 Å².